The summed E-state index contributed by atoms with van der Waals surface area (Å²) in [6.45, 7) is 4.35. The number of amides is 1. The van der Waals surface area contributed by atoms with Crippen molar-refractivity contribution in [3.05, 3.63) is 59.2 Å². The van der Waals surface area contributed by atoms with Gasteiger partial charge in [-0.15, -0.1) is 11.8 Å². The summed E-state index contributed by atoms with van der Waals surface area (Å²) in [5.41, 5.74) is 1.05. The first-order valence-corrected chi connectivity index (χ1v) is 9.16. The SMILES string of the molecule is Cc1ccc(C)c(OCCSCC(=O)Nc2ccccc2C(F)(F)F)c1. The molecule has 3 nitrogen and oxygen atoms in total. The molecule has 0 bridgehead atoms. The van der Waals surface area contributed by atoms with Crippen LogP contribution in [0.4, 0.5) is 18.9 Å². The van der Waals surface area contributed by atoms with Gasteiger partial charge in [-0.3, -0.25) is 4.79 Å². The quantitative estimate of drug-likeness (QED) is 0.678. The largest absolute Gasteiger partial charge is 0.492 e. The molecule has 0 heterocycles. The molecule has 26 heavy (non-hydrogen) atoms. The van der Waals surface area contributed by atoms with E-state index in [1.807, 2.05) is 32.0 Å². The predicted octanol–water partition coefficient (Wildman–Crippen LogP) is 5.07. The second-order valence-corrected chi connectivity index (χ2v) is 6.87. The van der Waals surface area contributed by atoms with Gasteiger partial charge >= 0.3 is 6.18 Å². The Morgan fingerprint density at radius 3 is 2.62 bits per heavy atom. The van der Waals surface area contributed by atoms with Gasteiger partial charge in [0.25, 0.3) is 0 Å². The molecule has 0 aliphatic carbocycles. The summed E-state index contributed by atoms with van der Waals surface area (Å²) >= 11 is 1.30. The third kappa shape index (κ3) is 5.98. The third-order valence-corrected chi connectivity index (χ3v) is 4.49. The number of hydrogen-bond acceptors (Lipinski definition) is 3. The van der Waals surface area contributed by atoms with Crippen LogP contribution in [-0.2, 0) is 11.0 Å². The highest BCUT2D eigenvalue weighted by molar-refractivity contribution is 7.99. The highest BCUT2D eigenvalue weighted by atomic mass is 32.2. The first kappa shape index (κ1) is 20.2. The summed E-state index contributed by atoms with van der Waals surface area (Å²) in [6, 6.07) is 10.9. The van der Waals surface area contributed by atoms with Crippen molar-refractivity contribution in [1.29, 1.82) is 0 Å². The molecule has 0 atom stereocenters. The van der Waals surface area contributed by atoms with Crippen molar-refractivity contribution in [1.82, 2.24) is 0 Å². The van der Waals surface area contributed by atoms with E-state index in [1.165, 1.54) is 30.0 Å². The van der Waals surface area contributed by atoms with Crippen LogP contribution in [0.1, 0.15) is 16.7 Å². The molecule has 0 saturated carbocycles. The van der Waals surface area contributed by atoms with E-state index in [0.717, 1.165) is 22.9 Å². The van der Waals surface area contributed by atoms with Gasteiger partial charge in [0, 0.05) is 5.75 Å². The van der Waals surface area contributed by atoms with Gasteiger partial charge in [-0.2, -0.15) is 13.2 Å². The monoisotopic (exact) mass is 383 g/mol. The zero-order valence-corrected chi connectivity index (χ0v) is 15.3. The van der Waals surface area contributed by atoms with Gasteiger partial charge in [-0.05, 0) is 43.2 Å². The topological polar surface area (TPSA) is 38.3 Å². The molecule has 0 spiro atoms. The average molecular weight is 383 g/mol. The van der Waals surface area contributed by atoms with Crippen molar-refractivity contribution >= 4 is 23.4 Å². The summed E-state index contributed by atoms with van der Waals surface area (Å²) in [4.78, 5) is 11.9. The molecule has 2 aromatic rings. The highest BCUT2D eigenvalue weighted by Crippen LogP contribution is 2.34. The van der Waals surface area contributed by atoms with Crippen molar-refractivity contribution < 1.29 is 22.7 Å². The number of thioether (sulfide) groups is 1. The number of para-hydroxylation sites is 1. The molecular weight excluding hydrogens is 363 g/mol. The number of carbonyl (C=O) groups is 1. The number of anilines is 1. The van der Waals surface area contributed by atoms with Crippen LogP contribution in [0, 0.1) is 13.8 Å². The number of hydrogen-bond donors (Lipinski definition) is 1. The smallest absolute Gasteiger partial charge is 0.418 e. The van der Waals surface area contributed by atoms with Gasteiger partial charge in [0.15, 0.2) is 0 Å². The van der Waals surface area contributed by atoms with Crippen LogP contribution >= 0.6 is 11.8 Å². The second-order valence-electron chi connectivity index (χ2n) is 5.76. The Bertz CT molecular complexity index is 763. The van der Waals surface area contributed by atoms with Crippen LogP contribution in [0.15, 0.2) is 42.5 Å². The lowest BCUT2D eigenvalue weighted by molar-refractivity contribution is -0.137. The average Bonchev–Trinajstić information content (AvgIpc) is 2.57. The molecule has 2 aromatic carbocycles. The van der Waals surface area contributed by atoms with E-state index < -0.39 is 17.6 Å². The van der Waals surface area contributed by atoms with Crippen LogP contribution in [0.3, 0.4) is 0 Å². The fraction of sp³-hybridized carbons (Fsp3) is 0.316. The van der Waals surface area contributed by atoms with E-state index in [1.54, 1.807) is 0 Å². The number of aryl methyl sites for hydroxylation is 2. The normalized spacial score (nSPS) is 11.3. The molecule has 7 heteroatoms. The molecule has 0 fully saturated rings. The van der Waals surface area contributed by atoms with Crippen molar-refractivity contribution in [3.63, 3.8) is 0 Å². The zero-order chi connectivity index (χ0) is 19.2. The number of halogens is 3. The van der Waals surface area contributed by atoms with E-state index in [9.17, 15) is 18.0 Å². The summed E-state index contributed by atoms with van der Waals surface area (Å²) in [5, 5.41) is 2.32. The fourth-order valence-electron chi connectivity index (χ4n) is 2.26. The zero-order valence-electron chi connectivity index (χ0n) is 14.5. The number of benzene rings is 2. The molecule has 2 rings (SSSR count). The number of carbonyl (C=O) groups excluding carboxylic acids is 1. The molecule has 1 amide bonds. The van der Waals surface area contributed by atoms with E-state index in [0.29, 0.717) is 12.4 Å². The second kappa shape index (κ2) is 8.98. The Kier molecular flexibility index (Phi) is 6.97. The van der Waals surface area contributed by atoms with Gasteiger partial charge in [0.1, 0.15) is 5.75 Å². The van der Waals surface area contributed by atoms with E-state index in [4.69, 9.17) is 4.74 Å². The first-order chi connectivity index (χ1) is 12.3. The lowest BCUT2D eigenvalue weighted by atomic mass is 10.1. The number of ether oxygens (including phenoxy) is 1. The van der Waals surface area contributed by atoms with Crippen LogP contribution in [0.2, 0.25) is 0 Å². The Labute approximate surface area is 154 Å². The standard InChI is InChI=1S/C19H20F3NO2S/c1-13-7-8-14(2)17(11-13)25-9-10-26-12-18(24)23-16-6-4-3-5-15(16)19(20,21)22/h3-8,11H,9-10,12H2,1-2H3,(H,23,24). The number of alkyl halides is 3. The minimum Gasteiger partial charge on any atom is -0.492 e. The van der Waals surface area contributed by atoms with Crippen LogP contribution in [-0.4, -0.2) is 24.0 Å². The molecular formula is C19H20F3NO2S. The van der Waals surface area contributed by atoms with E-state index in [2.05, 4.69) is 5.32 Å². The minimum absolute atomic E-state index is 0.0579. The summed E-state index contributed by atoms with van der Waals surface area (Å²) in [7, 11) is 0. The summed E-state index contributed by atoms with van der Waals surface area (Å²) in [6.07, 6.45) is -4.50. The van der Waals surface area contributed by atoms with Crippen LogP contribution in [0.5, 0.6) is 5.75 Å². The molecule has 0 aromatic heterocycles. The highest BCUT2D eigenvalue weighted by Gasteiger charge is 2.33. The number of nitrogens with one attached hydrogen (secondary N) is 1. The molecule has 1 N–H and O–H groups in total. The molecule has 0 radical (unpaired) electrons. The summed E-state index contributed by atoms with van der Waals surface area (Å²) in [5.74, 6) is 0.942. The van der Waals surface area contributed by atoms with Crippen molar-refractivity contribution in [2.75, 3.05) is 23.4 Å². The van der Waals surface area contributed by atoms with Crippen molar-refractivity contribution in [2.45, 2.75) is 20.0 Å². The van der Waals surface area contributed by atoms with Crippen molar-refractivity contribution in [2.24, 2.45) is 0 Å². The lowest BCUT2D eigenvalue weighted by Gasteiger charge is -2.13. The Morgan fingerprint density at radius 1 is 1.15 bits per heavy atom. The molecule has 0 aliphatic heterocycles. The van der Waals surface area contributed by atoms with E-state index in [-0.39, 0.29) is 11.4 Å². The molecule has 140 valence electrons. The third-order valence-electron chi connectivity index (χ3n) is 3.57. The Morgan fingerprint density at radius 2 is 1.88 bits per heavy atom. The van der Waals surface area contributed by atoms with Gasteiger partial charge < -0.3 is 10.1 Å². The maximum Gasteiger partial charge on any atom is 0.418 e. The maximum absolute atomic E-state index is 12.9. The van der Waals surface area contributed by atoms with Gasteiger partial charge in [0.05, 0.1) is 23.6 Å². The Balaban J connectivity index is 1.77. The minimum atomic E-state index is -4.50. The van der Waals surface area contributed by atoms with Gasteiger partial charge in [-0.1, -0.05) is 24.3 Å². The first-order valence-electron chi connectivity index (χ1n) is 8.01. The van der Waals surface area contributed by atoms with Crippen LogP contribution < -0.4 is 10.1 Å². The molecule has 0 aliphatic rings. The lowest BCUT2D eigenvalue weighted by Crippen LogP contribution is -2.18. The Hall–Kier alpha value is -2.15. The van der Waals surface area contributed by atoms with E-state index >= 15 is 0 Å². The maximum atomic E-state index is 12.9. The molecule has 0 unspecified atom stereocenters. The van der Waals surface area contributed by atoms with Crippen LogP contribution in [0.25, 0.3) is 0 Å². The predicted molar refractivity (Wildman–Crippen MR) is 98.8 cm³/mol. The number of rotatable bonds is 7. The van der Waals surface area contributed by atoms with Gasteiger partial charge in [0.2, 0.25) is 5.91 Å². The summed E-state index contributed by atoms with van der Waals surface area (Å²) < 4.78 is 44.4. The molecule has 0 saturated heterocycles. The fourth-order valence-corrected chi connectivity index (χ4v) is 2.87. The van der Waals surface area contributed by atoms with Gasteiger partial charge in [-0.25, -0.2) is 0 Å². The van der Waals surface area contributed by atoms with Crippen molar-refractivity contribution in [3.8, 4) is 5.75 Å².